The second-order valence-electron chi connectivity index (χ2n) is 10.3. The summed E-state index contributed by atoms with van der Waals surface area (Å²) in [6.07, 6.45) is 2.96. The number of aryl methyl sites for hydroxylation is 3. The average Bonchev–Trinajstić information content (AvgIpc) is 3.23. The Bertz CT molecular complexity index is 1200. The van der Waals surface area contributed by atoms with Crippen molar-refractivity contribution in [2.45, 2.75) is 73.6 Å². The Labute approximate surface area is 208 Å². The summed E-state index contributed by atoms with van der Waals surface area (Å²) in [5.74, 6) is 1.08. The minimum absolute atomic E-state index is 0.0895. The van der Waals surface area contributed by atoms with Crippen molar-refractivity contribution in [1.29, 1.82) is 0 Å². The molecule has 0 aliphatic rings. The lowest BCUT2D eigenvalue weighted by molar-refractivity contribution is -0.128. The van der Waals surface area contributed by atoms with E-state index in [9.17, 15) is 9.59 Å². The van der Waals surface area contributed by atoms with Crippen LogP contribution >= 0.6 is 0 Å². The van der Waals surface area contributed by atoms with Gasteiger partial charge in [0.05, 0.1) is 6.61 Å². The zero-order valence-corrected chi connectivity index (χ0v) is 22.1. The van der Waals surface area contributed by atoms with Gasteiger partial charge in [-0.05, 0) is 86.4 Å². The lowest BCUT2D eigenvalue weighted by Gasteiger charge is -2.19. The molecule has 35 heavy (non-hydrogen) atoms. The number of rotatable bonds is 10. The number of benzene rings is 2. The van der Waals surface area contributed by atoms with Gasteiger partial charge in [-0.25, -0.2) is 4.79 Å². The number of ether oxygens (including phenoxy) is 2. The fourth-order valence-electron chi connectivity index (χ4n) is 4.25. The molecule has 0 amide bonds. The van der Waals surface area contributed by atoms with Gasteiger partial charge in [-0.1, -0.05) is 45.9 Å². The van der Waals surface area contributed by atoms with E-state index in [0.29, 0.717) is 12.5 Å². The number of carbonyl (C=O) groups is 2. The highest BCUT2D eigenvalue weighted by atomic mass is 16.5. The normalized spacial score (nSPS) is 12.5. The second-order valence-corrected chi connectivity index (χ2v) is 10.3. The van der Waals surface area contributed by atoms with Crippen LogP contribution in [0, 0.1) is 19.3 Å². The first-order chi connectivity index (χ1) is 16.5. The fourth-order valence-corrected chi connectivity index (χ4v) is 4.25. The van der Waals surface area contributed by atoms with Gasteiger partial charge >= 0.3 is 5.97 Å². The zero-order valence-electron chi connectivity index (χ0n) is 22.1. The van der Waals surface area contributed by atoms with Gasteiger partial charge in [0.2, 0.25) is 5.76 Å². The minimum Gasteiger partial charge on any atom is -0.486 e. The van der Waals surface area contributed by atoms with E-state index in [0.717, 1.165) is 47.1 Å². The van der Waals surface area contributed by atoms with E-state index in [1.54, 1.807) is 13.0 Å². The molecule has 1 aromatic heterocycles. The topological polar surface area (TPSA) is 65.7 Å². The number of ketones is 1. The summed E-state index contributed by atoms with van der Waals surface area (Å²) in [6.45, 7) is 14.2. The predicted octanol–water partition coefficient (Wildman–Crippen LogP) is 7.35. The first-order valence-corrected chi connectivity index (χ1v) is 12.5. The number of hydrogen-bond donors (Lipinski definition) is 0. The van der Waals surface area contributed by atoms with Gasteiger partial charge in [-0.3, -0.25) is 4.79 Å². The first-order valence-electron chi connectivity index (χ1n) is 12.5. The Morgan fingerprint density at radius 2 is 1.74 bits per heavy atom. The Morgan fingerprint density at radius 1 is 1.00 bits per heavy atom. The molecule has 5 heteroatoms. The smallest absolute Gasteiger partial charge is 0.374 e. The summed E-state index contributed by atoms with van der Waals surface area (Å²) in [7, 11) is 0. The highest BCUT2D eigenvalue weighted by Crippen LogP contribution is 2.31. The third kappa shape index (κ3) is 6.53. The van der Waals surface area contributed by atoms with Crippen molar-refractivity contribution < 1.29 is 23.5 Å². The Kier molecular flexibility index (Phi) is 8.42. The van der Waals surface area contributed by atoms with Gasteiger partial charge in [-0.2, -0.15) is 0 Å². The monoisotopic (exact) mass is 478 g/mol. The van der Waals surface area contributed by atoms with Gasteiger partial charge in [0.25, 0.3) is 0 Å². The lowest BCUT2D eigenvalue weighted by Crippen LogP contribution is -2.26. The molecule has 3 aromatic rings. The van der Waals surface area contributed by atoms with Crippen molar-refractivity contribution in [2.24, 2.45) is 5.41 Å². The van der Waals surface area contributed by atoms with Crippen molar-refractivity contribution >= 4 is 22.7 Å². The maximum atomic E-state index is 12.2. The molecule has 0 saturated heterocycles. The summed E-state index contributed by atoms with van der Waals surface area (Å²) < 4.78 is 16.6. The van der Waals surface area contributed by atoms with Gasteiger partial charge in [0.1, 0.15) is 17.9 Å². The van der Waals surface area contributed by atoms with Crippen molar-refractivity contribution in [3.63, 3.8) is 0 Å². The maximum absolute atomic E-state index is 12.2. The zero-order chi connectivity index (χ0) is 25.8. The Balaban J connectivity index is 1.70. The standard InChI is InChI=1S/C30H38O5/c1-8-22(23-12-13-25(19(3)15-23)34-18-27(31)30(5,6)7)11-10-21-14-20(4)28-24(16-21)17-26(35-28)29(32)33-9-2/h12-17,22H,8-11,18H2,1-7H3. The average molecular weight is 479 g/mol. The van der Waals surface area contributed by atoms with Gasteiger partial charge in [0, 0.05) is 10.8 Å². The van der Waals surface area contributed by atoms with Crippen LogP contribution in [0.3, 0.4) is 0 Å². The number of furan rings is 1. The number of fused-ring (bicyclic) bond motifs is 1. The van der Waals surface area contributed by atoms with Crippen LogP contribution in [0.5, 0.6) is 5.75 Å². The van der Waals surface area contributed by atoms with E-state index in [2.05, 4.69) is 31.2 Å². The number of carbonyl (C=O) groups excluding carboxylic acids is 2. The SMILES string of the molecule is CCOC(=O)c1cc2cc(CCC(CC)c3ccc(OCC(=O)C(C)(C)C)c(C)c3)cc(C)c2o1. The van der Waals surface area contributed by atoms with E-state index in [1.807, 2.05) is 40.7 Å². The van der Waals surface area contributed by atoms with Crippen LogP contribution in [-0.4, -0.2) is 25.0 Å². The van der Waals surface area contributed by atoms with Crippen LogP contribution < -0.4 is 4.74 Å². The fraction of sp³-hybridized carbons (Fsp3) is 0.467. The van der Waals surface area contributed by atoms with Gasteiger partial charge in [-0.15, -0.1) is 0 Å². The molecule has 0 saturated carbocycles. The van der Waals surface area contributed by atoms with Crippen molar-refractivity contribution in [1.82, 2.24) is 0 Å². The number of Topliss-reactive ketones (excluding diaryl/α,β-unsaturated/α-hetero) is 1. The van der Waals surface area contributed by atoms with Crippen LogP contribution in [0.15, 0.2) is 40.8 Å². The summed E-state index contributed by atoms with van der Waals surface area (Å²) in [5.41, 5.74) is 4.90. The van der Waals surface area contributed by atoms with Gasteiger partial charge < -0.3 is 13.9 Å². The molecule has 0 fully saturated rings. The molecule has 0 aliphatic carbocycles. The number of hydrogen-bond acceptors (Lipinski definition) is 5. The van der Waals surface area contributed by atoms with Crippen LogP contribution in [-0.2, 0) is 16.0 Å². The van der Waals surface area contributed by atoms with Crippen LogP contribution in [0.25, 0.3) is 11.0 Å². The molecule has 0 spiro atoms. The third-order valence-corrected chi connectivity index (χ3v) is 6.48. The van der Waals surface area contributed by atoms with E-state index in [1.165, 1.54) is 11.1 Å². The predicted molar refractivity (Wildman–Crippen MR) is 139 cm³/mol. The maximum Gasteiger partial charge on any atom is 0.374 e. The molecular weight excluding hydrogens is 440 g/mol. The molecule has 5 nitrogen and oxygen atoms in total. The van der Waals surface area contributed by atoms with E-state index in [-0.39, 0.29) is 18.2 Å². The molecule has 0 N–H and O–H groups in total. The highest BCUT2D eigenvalue weighted by molar-refractivity contribution is 5.93. The van der Waals surface area contributed by atoms with Crippen LogP contribution in [0.2, 0.25) is 0 Å². The van der Waals surface area contributed by atoms with Crippen molar-refractivity contribution in [2.75, 3.05) is 13.2 Å². The molecule has 0 radical (unpaired) electrons. The minimum atomic E-state index is -0.429. The van der Waals surface area contributed by atoms with Crippen molar-refractivity contribution in [3.8, 4) is 5.75 Å². The lowest BCUT2D eigenvalue weighted by atomic mass is 9.89. The Morgan fingerprint density at radius 3 is 2.37 bits per heavy atom. The van der Waals surface area contributed by atoms with Gasteiger partial charge in [0.15, 0.2) is 5.78 Å². The molecular formula is C30H38O5. The molecule has 1 atom stereocenters. The molecule has 0 bridgehead atoms. The van der Waals surface area contributed by atoms with Crippen LogP contribution in [0.4, 0.5) is 0 Å². The quantitative estimate of drug-likeness (QED) is 0.285. The number of esters is 1. The van der Waals surface area contributed by atoms with E-state index >= 15 is 0 Å². The summed E-state index contributed by atoms with van der Waals surface area (Å²) in [5, 5.41) is 0.929. The summed E-state index contributed by atoms with van der Waals surface area (Å²) in [6, 6.07) is 12.3. The summed E-state index contributed by atoms with van der Waals surface area (Å²) >= 11 is 0. The van der Waals surface area contributed by atoms with Crippen LogP contribution in [0.1, 0.15) is 86.2 Å². The molecule has 3 rings (SSSR count). The summed E-state index contributed by atoms with van der Waals surface area (Å²) in [4.78, 5) is 24.3. The molecule has 1 unspecified atom stereocenters. The molecule has 1 heterocycles. The third-order valence-electron chi connectivity index (χ3n) is 6.48. The highest BCUT2D eigenvalue weighted by Gasteiger charge is 2.22. The molecule has 0 aliphatic heterocycles. The second kappa shape index (κ2) is 11.1. The van der Waals surface area contributed by atoms with E-state index in [4.69, 9.17) is 13.9 Å². The molecule has 2 aromatic carbocycles. The van der Waals surface area contributed by atoms with E-state index < -0.39 is 11.4 Å². The molecule has 188 valence electrons. The largest absolute Gasteiger partial charge is 0.486 e. The Hall–Kier alpha value is -3.08. The van der Waals surface area contributed by atoms with Crippen molar-refractivity contribution in [3.05, 3.63) is 64.4 Å². The first kappa shape index (κ1) is 26.5.